The number of carboxylic acid groups (broad SMARTS) is 1. The molecule has 1 spiro atoms. The van der Waals surface area contributed by atoms with E-state index in [9.17, 15) is 19.5 Å². The molecule has 1 aromatic rings. The minimum absolute atomic E-state index is 0.0255. The molecule has 0 aliphatic heterocycles. The van der Waals surface area contributed by atoms with Crippen LogP contribution in [0.25, 0.3) is 0 Å². The van der Waals surface area contributed by atoms with Crippen molar-refractivity contribution < 1.29 is 24.2 Å². The van der Waals surface area contributed by atoms with Gasteiger partial charge < -0.3 is 20.1 Å². The van der Waals surface area contributed by atoms with Gasteiger partial charge in [0.2, 0.25) is 0 Å². The minimum Gasteiger partial charge on any atom is -0.478 e. The number of ether oxygens (including phenoxy) is 1. The van der Waals surface area contributed by atoms with Crippen molar-refractivity contribution in [1.82, 2.24) is 10.2 Å². The second-order valence-corrected chi connectivity index (χ2v) is 10.2. The van der Waals surface area contributed by atoms with Crippen LogP contribution in [0.4, 0.5) is 4.79 Å². The van der Waals surface area contributed by atoms with E-state index < -0.39 is 11.6 Å². The van der Waals surface area contributed by atoms with Gasteiger partial charge in [0.15, 0.2) is 0 Å². The number of hydrogen-bond acceptors (Lipinski definition) is 4. The van der Waals surface area contributed by atoms with Crippen molar-refractivity contribution in [3.05, 3.63) is 35.4 Å². The molecule has 2 N–H and O–H groups in total. The predicted octanol–water partition coefficient (Wildman–Crippen LogP) is 4.32. The summed E-state index contributed by atoms with van der Waals surface area (Å²) in [6.45, 7) is 6.20. The fourth-order valence-electron chi connectivity index (χ4n) is 5.00. The highest BCUT2D eigenvalue weighted by Gasteiger charge is 2.46. The van der Waals surface area contributed by atoms with Crippen LogP contribution in [-0.2, 0) is 4.74 Å². The molecule has 0 saturated heterocycles. The van der Waals surface area contributed by atoms with Crippen LogP contribution in [0, 0.1) is 11.3 Å². The number of carbonyl (C=O) groups excluding carboxylic acids is 2. The maximum atomic E-state index is 12.4. The lowest BCUT2D eigenvalue weighted by Gasteiger charge is -2.52. The number of hydrogen-bond donors (Lipinski definition) is 2. The molecule has 2 saturated carbocycles. The first-order chi connectivity index (χ1) is 14.5. The summed E-state index contributed by atoms with van der Waals surface area (Å²) in [6, 6.07) is 6.50. The van der Waals surface area contributed by atoms with Crippen molar-refractivity contribution in [1.29, 1.82) is 0 Å². The first-order valence-electron chi connectivity index (χ1n) is 11.1. The Bertz CT molecular complexity index is 829. The lowest BCUT2D eigenvalue weighted by Crippen LogP contribution is -2.49. The Labute approximate surface area is 184 Å². The topological polar surface area (TPSA) is 95.9 Å². The van der Waals surface area contributed by atoms with Gasteiger partial charge in [-0.2, -0.15) is 0 Å². The number of amides is 2. The molecule has 31 heavy (non-hydrogen) atoms. The van der Waals surface area contributed by atoms with E-state index in [0.717, 1.165) is 38.5 Å². The molecule has 0 unspecified atom stereocenters. The largest absolute Gasteiger partial charge is 0.478 e. The second-order valence-electron chi connectivity index (χ2n) is 10.2. The average molecular weight is 431 g/mol. The summed E-state index contributed by atoms with van der Waals surface area (Å²) in [4.78, 5) is 37.8. The predicted molar refractivity (Wildman–Crippen MR) is 117 cm³/mol. The van der Waals surface area contributed by atoms with E-state index in [2.05, 4.69) is 5.32 Å². The Morgan fingerprint density at radius 3 is 2.26 bits per heavy atom. The Morgan fingerprint density at radius 2 is 1.71 bits per heavy atom. The molecular formula is C24H34N2O5. The van der Waals surface area contributed by atoms with Gasteiger partial charge in [0, 0.05) is 19.6 Å². The molecule has 2 aliphatic carbocycles. The van der Waals surface area contributed by atoms with Crippen molar-refractivity contribution >= 4 is 18.0 Å². The van der Waals surface area contributed by atoms with Crippen molar-refractivity contribution in [3.8, 4) is 0 Å². The lowest BCUT2D eigenvalue weighted by atomic mass is 9.55. The van der Waals surface area contributed by atoms with Gasteiger partial charge in [0.05, 0.1) is 11.1 Å². The molecule has 0 bridgehead atoms. The van der Waals surface area contributed by atoms with Crippen molar-refractivity contribution in [2.45, 2.75) is 70.9 Å². The monoisotopic (exact) mass is 430 g/mol. The number of carboxylic acids is 1. The SMILES string of the molecule is CN(C(=O)OC(C)(C)C)C1CCC2(CC1)CC(CNC(=O)c1ccccc1C(=O)O)C2. The zero-order valence-corrected chi connectivity index (χ0v) is 18.9. The van der Waals surface area contributed by atoms with Gasteiger partial charge in [-0.15, -0.1) is 0 Å². The fraction of sp³-hybridized carbons (Fsp3) is 0.625. The number of aromatic carboxylic acids is 1. The lowest BCUT2D eigenvalue weighted by molar-refractivity contribution is -0.0186. The summed E-state index contributed by atoms with van der Waals surface area (Å²) in [5.41, 5.74) is 0.0598. The summed E-state index contributed by atoms with van der Waals surface area (Å²) in [7, 11) is 1.82. The molecule has 0 radical (unpaired) electrons. The van der Waals surface area contributed by atoms with E-state index in [1.54, 1.807) is 23.1 Å². The molecule has 0 aromatic heterocycles. The fourth-order valence-corrected chi connectivity index (χ4v) is 5.00. The number of carbonyl (C=O) groups is 3. The van der Waals surface area contributed by atoms with Gasteiger partial charge in [0.1, 0.15) is 5.60 Å². The zero-order chi connectivity index (χ0) is 22.8. The first kappa shape index (κ1) is 23.1. The quantitative estimate of drug-likeness (QED) is 0.725. The number of rotatable bonds is 5. The number of benzene rings is 1. The molecule has 7 heteroatoms. The number of nitrogens with one attached hydrogen (secondary N) is 1. The molecule has 2 amide bonds. The number of nitrogens with zero attached hydrogens (tertiary/aromatic N) is 1. The van der Waals surface area contributed by atoms with Gasteiger partial charge >= 0.3 is 12.1 Å². The maximum absolute atomic E-state index is 12.4. The van der Waals surface area contributed by atoms with E-state index in [0.29, 0.717) is 17.9 Å². The van der Waals surface area contributed by atoms with Crippen molar-refractivity contribution in [2.75, 3.05) is 13.6 Å². The van der Waals surface area contributed by atoms with Gasteiger partial charge in [-0.3, -0.25) is 4.79 Å². The van der Waals surface area contributed by atoms with Gasteiger partial charge in [0.25, 0.3) is 5.91 Å². The van der Waals surface area contributed by atoms with Crippen LogP contribution in [0.1, 0.15) is 80.0 Å². The van der Waals surface area contributed by atoms with Crippen molar-refractivity contribution in [2.24, 2.45) is 11.3 Å². The second kappa shape index (κ2) is 8.89. The van der Waals surface area contributed by atoms with Gasteiger partial charge in [-0.25, -0.2) is 9.59 Å². The van der Waals surface area contributed by atoms with Crippen LogP contribution < -0.4 is 5.32 Å². The summed E-state index contributed by atoms with van der Waals surface area (Å²) in [5, 5.41) is 12.2. The standard InChI is InChI=1S/C24H34N2O5/c1-23(2,3)31-22(30)26(4)17-9-11-24(12-10-17)13-16(14-24)15-25-20(27)18-7-5-6-8-19(18)21(28)29/h5-8,16-17H,9-15H2,1-4H3,(H,25,27)(H,28,29). The van der Waals surface area contributed by atoms with E-state index in [1.807, 2.05) is 27.8 Å². The van der Waals surface area contributed by atoms with E-state index in [4.69, 9.17) is 4.74 Å². The van der Waals surface area contributed by atoms with Gasteiger partial charge in [-0.05, 0) is 82.8 Å². The third kappa shape index (κ3) is 5.57. The Balaban J connectivity index is 1.43. The van der Waals surface area contributed by atoms with E-state index in [1.165, 1.54) is 6.07 Å². The summed E-state index contributed by atoms with van der Waals surface area (Å²) < 4.78 is 5.49. The molecule has 3 rings (SSSR count). The van der Waals surface area contributed by atoms with Crippen LogP contribution in [0.5, 0.6) is 0 Å². The minimum atomic E-state index is -1.10. The Hall–Kier alpha value is -2.57. The summed E-state index contributed by atoms with van der Waals surface area (Å²) >= 11 is 0. The highest BCUT2D eigenvalue weighted by Crippen LogP contribution is 2.55. The smallest absolute Gasteiger partial charge is 0.410 e. The van der Waals surface area contributed by atoms with E-state index >= 15 is 0 Å². The normalized spacial score (nSPS) is 25.4. The van der Waals surface area contributed by atoms with Crippen LogP contribution >= 0.6 is 0 Å². The molecule has 0 heterocycles. The Morgan fingerprint density at radius 1 is 1.13 bits per heavy atom. The third-order valence-electron chi connectivity index (χ3n) is 6.64. The average Bonchev–Trinajstić information content (AvgIpc) is 2.69. The van der Waals surface area contributed by atoms with E-state index in [-0.39, 0.29) is 29.2 Å². The highest BCUT2D eigenvalue weighted by atomic mass is 16.6. The third-order valence-corrected chi connectivity index (χ3v) is 6.64. The Kier molecular flexibility index (Phi) is 6.62. The molecular weight excluding hydrogens is 396 g/mol. The molecule has 7 nitrogen and oxygen atoms in total. The molecule has 170 valence electrons. The van der Waals surface area contributed by atoms with Crippen LogP contribution in [-0.4, -0.2) is 53.2 Å². The summed E-state index contributed by atoms with van der Waals surface area (Å²) in [5.74, 6) is -1.01. The van der Waals surface area contributed by atoms with Crippen LogP contribution in [0.15, 0.2) is 24.3 Å². The highest BCUT2D eigenvalue weighted by molar-refractivity contribution is 6.04. The van der Waals surface area contributed by atoms with Gasteiger partial charge in [-0.1, -0.05) is 12.1 Å². The maximum Gasteiger partial charge on any atom is 0.410 e. The molecule has 1 aromatic carbocycles. The molecule has 2 aliphatic rings. The molecule has 2 fully saturated rings. The zero-order valence-electron chi connectivity index (χ0n) is 18.9. The van der Waals surface area contributed by atoms with Crippen molar-refractivity contribution in [3.63, 3.8) is 0 Å². The summed E-state index contributed by atoms with van der Waals surface area (Å²) in [6.07, 6.45) is 5.98. The van der Waals surface area contributed by atoms with Crippen LogP contribution in [0.3, 0.4) is 0 Å². The van der Waals surface area contributed by atoms with Crippen LogP contribution in [0.2, 0.25) is 0 Å². The molecule has 0 atom stereocenters. The first-order valence-corrected chi connectivity index (χ1v) is 11.1.